The predicted molar refractivity (Wildman–Crippen MR) is 70.0 cm³/mol. The maximum absolute atomic E-state index is 12.9. The van der Waals surface area contributed by atoms with E-state index in [1.54, 1.807) is 6.92 Å². The minimum Gasteiger partial charge on any atom is -0.361 e. The quantitative estimate of drug-likeness (QED) is 0.936. The molecule has 0 atom stereocenters. The van der Waals surface area contributed by atoms with Crippen LogP contribution in [-0.4, -0.2) is 11.1 Å². The Kier molecular flexibility index (Phi) is 3.85. The monoisotopic (exact) mass is 282 g/mol. The van der Waals surface area contributed by atoms with Crippen LogP contribution in [0.4, 0.5) is 10.1 Å². The molecule has 0 aliphatic heterocycles. The number of benzene rings is 1. The summed E-state index contributed by atoms with van der Waals surface area (Å²) in [7, 11) is 0. The fourth-order valence-electron chi connectivity index (χ4n) is 1.73. The highest BCUT2D eigenvalue weighted by atomic mass is 35.5. The van der Waals surface area contributed by atoms with E-state index in [0.29, 0.717) is 29.1 Å². The molecule has 1 amide bonds. The zero-order valence-electron chi connectivity index (χ0n) is 10.5. The lowest BCUT2D eigenvalue weighted by molar-refractivity contribution is 0.102. The van der Waals surface area contributed by atoms with E-state index in [9.17, 15) is 9.18 Å². The van der Waals surface area contributed by atoms with Crippen molar-refractivity contribution in [1.82, 2.24) is 5.16 Å². The molecule has 1 heterocycles. The Morgan fingerprint density at radius 1 is 1.53 bits per heavy atom. The molecule has 1 aromatic heterocycles. The Morgan fingerprint density at radius 2 is 2.26 bits per heavy atom. The largest absolute Gasteiger partial charge is 0.361 e. The minimum absolute atomic E-state index is 0.139. The van der Waals surface area contributed by atoms with Crippen LogP contribution in [-0.2, 0) is 6.42 Å². The molecular formula is C13H12ClFN2O2. The normalized spacial score (nSPS) is 10.5. The van der Waals surface area contributed by atoms with Gasteiger partial charge >= 0.3 is 0 Å². The minimum atomic E-state index is -0.460. The summed E-state index contributed by atoms with van der Waals surface area (Å²) in [5.74, 6) is -0.393. The van der Waals surface area contributed by atoms with Gasteiger partial charge in [0.15, 0.2) is 0 Å². The van der Waals surface area contributed by atoms with E-state index in [-0.39, 0.29) is 10.9 Å². The van der Waals surface area contributed by atoms with Gasteiger partial charge in [0.2, 0.25) is 0 Å². The summed E-state index contributed by atoms with van der Waals surface area (Å²) >= 11 is 5.85. The van der Waals surface area contributed by atoms with E-state index in [0.717, 1.165) is 6.07 Å². The molecule has 0 aliphatic carbocycles. The fraction of sp³-hybridized carbons (Fsp3) is 0.231. The summed E-state index contributed by atoms with van der Waals surface area (Å²) in [5, 5.41) is 6.56. The van der Waals surface area contributed by atoms with E-state index in [1.807, 2.05) is 6.92 Å². The van der Waals surface area contributed by atoms with Gasteiger partial charge in [-0.25, -0.2) is 4.39 Å². The van der Waals surface area contributed by atoms with E-state index in [2.05, 4.69) is 10.5 Å². The highest BCUT2D eigenvalue weighted by Gasteiger charge is 2.19. The number of nitrogens with zero attached hydrogens (tertiary/aromatic N) is 1. The number of nitrogens with one attached hydrogen (secondary N) is 1. The van der Waals surface area contributed by atoms with Gasteiger partial charge in [-0.3, -0.25) is 4.79 Å². The van der Waals surface area contributed by atoms with E-state index in [1.165, 1.54) is 12.1 Å². The molecule has 0 spiro atoms. The number of halogens is 2. The average molecular weight is 283 g/mol. The molecule has 100 valence electrons. The van der Waals surface area contributed by atoms with Gasteiger partial charge in [0.1, 0.15) is 17.1 Å². The molecule has 2 aromatic rings. The number of anilines is 1. The lowest BCUT2D eigenvalue weighted by Gasteiger charge is -2.07. The average Bonchev–Trinajstić information content (AvgIpc) is 2.74. The van der Waals surface area contributed by atoms with Gasteiger partial charge in [-0.15, -0.1) is 0 Å². The zero-order chi connectivity index (χ0) is 14.0. The molecule has 0 fully saturated rings. The molecule has 0 saturated heterocycles. The van der Waals surface area contributed by atoms with Crippen LogP contribution >= 0.6 is 11.6 Å². The van der Waals surface area contributed by atoms with Crippen molar-refractivity contribution in [1.29, 1.82) is 0 Å². The van der Waals surface area contributed by atoms with Crippen LogP contribution in [0, 0.1) is 12.7 Å². The summed E-state index contributed by atoms with van der Waals surface area (Å²) in [5.41, 5.74) is 1.31. The molecule has 1 N–H and O–H groups in total. The predicted octanol–water partition coefficient (Wildman–Crippen LogP) is 3.59. The van der Waals surface area contributed by atoms with Crippen LogP contribution < -0.4 is 5.32 Å². The summed E-state index contributed by atoms with van der Waals surface area (Å²) in [6, 6.07) is 3.77. The first-order valence-corrected chi connectivity index (χ1v) is 6.12. The molecule has 2 rings (SSSR count). The van der Waals surface area contributed by atoms with Gasteiger partial charge in [-0.1, -0.05) is 23.7 Å². The van der Waals surface area contributed by atoms with Crippen LogP contribution in [0.15, 0.2) is 22.7 Å². The van der Waals surface area contributed by atoms with E-state index < -0.39 is 5.82 Å². The Hall–Kier alpha value is -1.88. The molecule has 4 nitrogen and oxygen atoms in total. The van der Waals surface area contributed by atoms with Crippen molar-refractivity contribution in [3.63, 3.8) is 0 Å². The zero-order valence-corrected chi connectivity index (χ0v) is 11.2. The second-order valence-corrected chi connectivity index (χ2v) is 4.40. The molecular weight excluding hydrogens is 271 g/mol. The summed E-state index contributed by atoms with van der Waals surface area (Å²) in [4.78, 5) is 12.1. The molecule has 1 aromatic carbocycles. The SMILES string of the molecule is CCc1noc(C)c1C(=O)Nc1ccc(F)cc1Cl. The van der Waals surface area contributed by atoms with E-state index in [4.69, 9.17) is 16.1 Å². The number of amides is 1. The lowest BCUT2D eigenvalue weighted by atomic mass is 10.1. The fourth-order valence-corrected chi connectivity index (χ4v) is 1.94. The van der Waals surface area contributed by atoms with Crippen molar-refractivity contribution in [2.45, 2.75) is 20.3 Å². The molecule has 0 radical (unpaired) electrons. The maximum Gasteiger partial charge on any atom is 0.261 e. The molecule has 0 saturated carbocycles. The number of rotatable bonds is 3. The number of aryl methyl sites for hydroxylation is 2. The van der Waals surface area contributed by atoms with Crippen molar-refractivity contribution in [3.05, 3.63) is 46.1 Å². The van der Waals surface area contributed by atoms with Gasteiger partial charge in [0, 0.05) is 0 Å². The second-order valence-electron chi connectivity index (χ2n) is 3.99. The van der Waals surface area contributed by atoms with Crippen LogP contribution in [0.1, 0.15) is 28.7 Å². The molecule has 0 unspecified atom stereocenters. The summed E-state index contributed by atoms with van der Waals surface area (Å²) < 4.78 is 17.9. The smallest absolute Gasteiger partial charge is 0.261 e. The van der Waals surface area contributed by atoms with Gasteiger partial charge in [-0.2, -0.15) is 0 Å². The Bertz CT molecular complexity index is 625. The van der Waals surface area contributed by atoms with Gasteiger partial charge < -0.3 is 9.84 Å². The van der Waals surface area contributed by atoms with Crippen LogP contribution in [0.3, 0.4) is 0 Å². The van der Waals surface area contributed by atoms with Gasteiger partial charge in [-0.05, 0) is 31.5 Å². The second kappa shape index (κ2) is 5.40. The van der Waals surface area contributed by atoms with Crippen molar-refractivity contribution < 1.29 is 13.7 Å². The van der Waals surface area contributed by atoms with Crippen molar-refractivity contribution >= 4 is 23.2 Å². The van der Waals surface area contributed by atoms with Crippen molar-refractivity contribution in [2.75, 3.05) is 5.32 Å². The number of aromatic nitrogens is 1. The Balaban J connectivity index is 2.28. The van der Waals surface area contributed by atoms with Crippen LogP contribution in [0.5, 0.6) is 0 Å². The highest BCUT2D eigenvalue weighted by Crippen LogP contribution is 2.24. The lowest BCUT2D eigenvalue weighted by Crippen LogP contribution is -2.14. The number of hydrogen-bond donors (Lipinski definition) is 1. The van der Waals surface area contributed by atoms with Crippen molar-refractivity contribution in [3.8, 4) is 0 Å². The van der Waals surface area contributed by atoms with Gasteiger partial charge in [0.25, 0.3) is 5.91 Å². The number of hydrogen-bond acceptors (Lipinski definition) is 3. The van der Waals surface area contributed by atoms with Crippen molar-refractivity contribution in [2.24, 2.45) is 0 Å². The standard InChI is InChI=1S/C13H12ClFN2O2/c1-3-10-12(7(2)19-17-10)13(18)16-11-5-4-8(15)6-9(11)14/h4-6H,3H2,1-2H3,(H,16,18). The molecule has 19 heavy (non-hydrogen) atoms. The molecule has 6 heteroatoms. The Morgan fingerprint density at radius 3 is 2.89 bits per heavy atom. The first-order chi connectivity index (χ1) is 9.02. The highest BCUT2D eigenvalue weighted by molar-refractivity contribution is 6.33. The van der Waals surface area contributed by atoms with Crippen LogP contribution in [0.2, 0.25) is 5.02 Å². The number of carbonyl (C=O) groups is 1. The summed E-state index contributed by atoms with van der Waals surface area (Å²) in [6.07, 6.45) is 0.581. The van der Waals surface area contributed by atoms with E-state index >= 15 is 0 Å². The van der Waals surface area contributed by atoms with Crippen LogP contribution in [0.25, 0.3) is 0 Å². The maximum atomic E-state index is 12.9. The van der Waals surface area contributed by atoms with Gasteiger partial charge in [0.05, 0.1) is 16.4 Å². The third kappa shape index (κ3) is 2.76. The third-order valence-electron chi connectivity index (χ3n) is 2.67. The molecule has 0 aliphatic rings. The number of carbonyl (C=O) groups excluding carboxylic acids is 1. The first kappa shape index (κ1) is 13.5. The summed E-state index contributed by atoms with van der Waals surface area (Å²) in [6.45, 7) is 3.53. The Labute approximate surface area is 114 Å². The third-order valence-corrected chi connectivity index (χ3v) is 2.99. The molecule has 0 bridgehead atoms. The topological polar surface area (TPSA) is 55.1 Å². The first-order valence-electron chi connectivity index (χ1n) is 5.74.